The predicted octanol–water partition coefficient (Wildman–Crippen LogP) is 4.20. The number of allylic oxidation sites excluding steroid dienone is 2. The van der Waals surface area contributed by atoms with Gasteiger partial charge in [-0.15, -0.1) is 0 Å². The van der Waals surface area contributed by atoms with Crippen molar-refractivity contribution >= 4 is 5.78 Å². The topological polar surface area (TPSA) is 42.1 Å². The Bertz CT molecular complexity index is 590. The molecule has 0 radical (unpaired) electrons. The molecule has 3 heteroatoms. The van der Waals surface area contributed by atoms with Gasteiger partial charge in [0.05, 0.1) is 23.4 Å². The van der Waals surface area contributed by atoms with Crippen LogP contribution >= 0.6 is 0 Å². The minimum absolute atomic E-state index is 0.0154. The average Bonchev–Trinajstić information content (AvgIpc) is 3.24. The summed E-state index contributed by atoms with van der Waals surface area (Å²) in [7, 11) is 0. The first-order valence-corrected chi connectivity index (χ1v) is 9.23. The van der Waals surface area contributed by atoms with Crippen molar-refractivity contribution in [1.29, 1.82) is 0 Å². The summed E-state index contributed by atoms with van der Waals surface area (Å²) in [6.07, 6.45) is 6.77. The molecule has 4 rings (SSSR count). The minimum atomic E-state index is 0.0154. The van der Waals surface area contributed by atoms with Gasteiger partial charge in [-0.25, -0.2) is 0 Å². The van der Waals surface area contributed by atoms with Crippen molar-refractivity contribution < 1.29 is 14.3 Å². The van der Waals surface area contributed by atoms with Crippen molar-refractivity contribution in [2.75, 3.05) is 0 Å². The molecule has 4 fully saturated rings. The van der Waals surface area contributed by atoms with Gasteiger partial charge in [0.25, 0.3) is 0 Å². The van der Waals surface area contributed by atoms with E-state index in [9.17, 15) is 4.79 Å². The summed E-state index contributed by atoms with van der Waals surface area (Å²) >= 11 is 0. The number of carbonyl (C=O) groups is 1. The second kappa shape index (κ2) is 4.70. The minimum Gasteiger partial charge on any atom is -0.366 e. The molecule has 2 aliphatic heterocycles. The van der Waals surface area contributed by atoms with Gasteiger partial charge in [-0.1, -0.05) is 12.5 Å². The van der Waals surface area contributed by atoms with Gasteiger partial charge in [0.1, 0.15) is 0 Å². The number of hydrogen-bond acceptors (Lipinski definition) is 3. The third-order valence-corrected chi connectivity index (χ3v) is 7.15. The fourth-order valence-corrected chi connectivity index (χ4v) is 5.38. The van der Waals surface area contributed by atoms with E-state index in [2.05, 4.69) is 34.6 Å². The maximum atomic E-state index is 12.7. The standard InChI is InChI=1S/C20H30O3/c1-12(2)17-13-6-8-19(4)15(22-19)7-9-20(5)16(23-20)11-18(13,3)10-14(17)21/h13,15-16H,6-11H2,1-5H3/t13-,15+,16-,18+,19+,20-/m1/s1. The number of ether oxygens (including phenoxy) is 2. The van der Waals surface area contributed by atoms with Crippen LogP contribution in [0.4, 0.5) is 0 Å². The molecule has 2 saturated carbocycles. The third kappa shape index (κ3) is 2.42. The van der Waals surface area contributed by atoms with E-state index >= 15 is 0 Å². The smallest absolute Gasteiger partial charge is 0.159 e. The molecule has 0 spiro atoms. The number of Topliss-reactive ketones (excluding diaryl/α,β-unsaturated/α-hetero) is 1. The van der Waals surface area contributed by atoms with Crippen molar-refractivity contribution in [3.8, 4) is 0 Å². The fraction of sp³-hybridized carbons (Fsp3) is 0.850. The van der Waals surface area contributed by atoms with Crippen molar-refractivity contribution in [1.82, 2.24) is 0 Å². The summed E-state index contributed by atoms with van der Waals surface area (Å²) in [5.74, 6) is 0.739. The van der Waals surface area contributed by atoms with E-state index in [4.69, 9.17) is 9.47 Å². The third-order valence-electron chi connectivity index (χ3n) is 7.15. The van der Waals surface area contributed by atoms with E-state index < -0.39 is 0 Å². The SMILES string of the molecule is CC(C)=C1C(=O)C[C@@]2(C)C[C@H]3O[C@]3(C)CC[C@@H]3O[C@@]3(C)CC[C@H]12. The normalized spacial score (nSPS) is 52.1. The first-order valence-electron chi connectivity index (χ1n) is 9.23. The van der Waals surface area contributed by atoms with Gasteiger partial charge in [-0.2, -0.15) is 0 Å². The van der Waals surface area contributed by atoms with Gasteiger partial charge in [0, 0.05) is 6.42 Å². The van der Waals surface area contributed by atoms with Gasteiger partial charge >= 0.3 is 0 Å². The lowest BCUT2D eigenvalue weighted by Gasteiger charge is -2.32. The van der Waals surface area contributed by atoms with Crippen LogP contribution in [-0.2, 0) is 14.3 Å². The summed E-state index contributed by atoms with van der Waals surface area (Å²) in [5, 5.41) is 0. The quantitative estimate of drug-likeness (QED) is 0.496. The van der Waals surface area contributed by atoms with Gasteiger partial charge in [0.2, 0.25) is 0 Å². The van der Waals surface area contributed by atoms with E-state index in [1.54, 1.807) is 0 Å². The Morgan fingerprint density at radius 3 is 2.30 bits per heavy atom. The largest absolute Gasteiger partial charge is 0.366 e. The van der Waals surface area contributed by atoms with Crippen molar-refractivity contribution in [2.45, 2.75) is 96.6 Å². The molecule has 0 aromatic rings. The Kier molecular flexibility index (Phi) is 3.23. The Morgan fingerprint density at radius 2 is 1.61 bits per heavy atom. The van der Waals surface area contributed by atoms with E-state index in [-0.39, 0.29) is 16.6 Å². The van der Waals surface area contributed by atoms with Crippen molar-refractivity contribution in [3.05, 3.63) is 11.1 Å². The first-order chi connectivity index (χ1) is 10.7. The zero-order valence-electron chi connectivity index (χ0n) is 15.2. The van der Waals surface area contributed by atoms with Crippen LogP contribution in [0.15, 0.2) is 11.1 Å². The lowest BCUT2D eigenvalue weighted by molar-refractivity contribution is -0.115. The molecule has 0 N–H and O–H groups in total. The van der Waals surface area contributed by atoms with Gasteiger partial charge in [-0.3, -0.25) is 4.79 Å². The molecule has 23 heavy (non-hydrogen) atoms. The zero-order valence-corrected chi connectivity index (χ0v) is 15.2. The molecule has 0 aromatic carbocycles. The number of fused-ring (bicyclic) bond motifs is 3. The van der Waals surface area contributed by atoms with Crippen LogP contribution in [0.5, 0.6) is 0 Å². The van der Waals surface area contributed by atoms with Crippen LogP contribution in [0, 0.1) is 11.3 Å². The first kappa shape index (κ1) is 15.8. The van der Waals surface area contributed by atoms with Gasteiger partial charge in [0.15, 0.2) is 5.78 Å². The molecule has 0 amide bonds. The number of epoxide rings is 2. The van der Waals surface area contributed by atoms with Crippen molar-refractivity contribution in [2.24, 2.45) is 11.3 Å². The predicted molar refractivity (Wildman–Crippen MR) is 89.2 cm³/mol. The molecule has 0 unspecified atom stereocenters. The molecule has 2 heterocycles. The Balaban J connectivity index is 1.68. The highest BCUT2D eigenvalue weighted by Gasteiger charge is 2.61. The molecule has 3 nitrogen and oxygen atoms in total. The number of ketones is 1. The lowest BCUT2D eigenvalue weighted by atomic mass is 9.71. The summed E-state index contributed by atoms with van der Waals surface area (Å²) < 4.78 is 12.1. The van der Waals surface area contributed by atoms with Gasteiger partial charge < -0.3 is 9.47 Å². The highest BCUT2D eigenvalue weighted by Crippen LogP contribution is 2.58. The van der Waals surface area contributed by atoms with Crippen molar-refractivity contribution in [3.63, 3.8) is 0 Å². The second-order valence-corrected chi connectivity index (χ2v) is 9.34. The van der Waals surface area contributed by atoms with E-state index in [0.29, 0.717) is 30.3 Å². The average molecular weight is 318 g/mol. The highest BCUT2D eigenvalue weighted by molar-refractivity contribution is 5.99. The number of hydrogen-bond donors (Lipinski definition) is 0. The van der Waals surface area contributed by atoms with Crippen LogP contribution < -0.4 is 0 Å². The summed E-state index contributed by atoms with van der Waals surface area (Å²) in [6.45, 7) is 11.0. The summed E-state index contributed by atoms with van der Waals surface area (Å²) in [5.41, 5.74) is 2.41. The molecule has 2 saturated heterocycles. The highest BCUT2D eigenvalue weighted by atomic mass is 16.6. The fourth-order valence-electron chi connectivity index (χ4n) is 5.38. The lowest BCUT2D eigenvalue weighted by Crippen LogP contribution is -2.27. The molecular formula is C20H30O3. The van der Waals surface area contributed by atoms with Crippen LogP contribution in [0.3, 0.4) is 0 Å². The van der Waals surface area contributed by atoms with E-state index in [0.717, 1.165) is 37.7 Å². The van der Waals surface area contributed by atoms with Crippen LogP contribution in [0.1, 0.15) is 73.1 Å². The van der Waals surface area contributed by atoms with Crippen LogP contribution in [-0.4, -0.2) is 29.2 Å². The Labute approximate surface area is 139 Å². The molecule has 6 atom stereocenters. The molecule has 0 aromatic heterocycles. The van der Waals surface area contributed by atoms with E-state index in [1.165, 1.54) is 5.57 Å². The maximum absolute atomic E-state index is 12.7. The van der Waals surface area contributed by atoms with Crippen LogP contribution in [0.2, 0.25) is 0 Å². The molecule has 0 bridgehead atoms. The van der Waals surface area contributed by atoms with Gasteiger partial charge in [-0.05, 0) is 76.7 Å². The zero-order chi connectivity index (χ0) is 16.6. The number of carbonyl (C=O) groups excluding carboxylic acids is 1. The Hall–Kier alpha value is -0.670. The summed E-state index contributed by atoms with van der Waals surface area (Å²) in [6, 6.07) is 0. The monoisotopic (exact) mass is 318 g/mol. The molecule has 4 aliphatic rings. The maximum Gasteiger partial charge on any atom is 0.159 e. The van der Waals surface area contributed by atoms with E-state index in [1.807, 2.05) is 0 Å². The number of rotatable bonds is 0. The molecular weight excluding hydrogens is 288 g/mol. The Morgan fingerprint density at radius 1 is 1.00 bits per heavy atom. The summed E-state index contributed by atoms with van der Waals surface area (Å²) in [4.78, 5) is 12.7. The molecule has 2 aliphatic carbocycles. The molecule has 128 valence electrons. The second-order valence-electron chi connectivity index (χ2n) is 9.34. The van der Waals surface area contributed by atoms with Crippen LogP contribution in [0.25, 0.3) is 0 Å².